The van der Waals surface area contributed by atoms with Crippen molar-refractivity contribution in [3.63, 3.8) is 0 Å². The monoisotopic (exact) mass is 116 g/mol. The molecule has 1 heteroatoms. The van der Waals surface area contributed by atoms with E-state index >= 15 is 0 Å². The standard InChI is InChI=1S/C5H10O.C2H6/c1-5-2-3-6-4-5;1-2/h5H,2-4H2,1H3;1-2H3/t5-;/m1./s1. The number of hydrogen-bond donors (Lipinski definition) is 0. The Morgan fingerprint density at radius 2 is 2.00 bits per heavy atom. The lowest BCUT2D eigenvalue weighted by molar-refractivity contribution is 0.188. The van der Waals surface area contributed by atoms with E-state index in [1.165, 1.54) is 6.42 Å². The molecule has 0 unspecified atom stereocenters. The number of ether oxygens (including phenoxy) is 1. The van der Waals surface area contributed by atoms with Gasteiger partial charge in [-0.25, -0.2) is 0 Å². The summed E-state index contributed by atoms with van der Waals surface area (Å²) in [7, 11) is 0. The van der Waals surface area contributed by atoms with Gasteiger partial charge >= 0.3 is 0 Å². The summed E-state index contributed by atoms with van der Waals surface area (Å²) in [4.78, 5) is 0. The van der Waals surface area contributed by atoms with E-state index in [-0.39, 0.29) is 0 Å². The van der Waals surface area contributed by atoms with E-state index < -0.39 is 0 Å². The molecule has 0 aromatic heterocycles. The molecule has 0 aliphatic carbocycles. The fraction of sp³-hybridized carbons (Fsp3) is 1.00. The third-order valence-electron chi connectivity index (χ3n) is 1.16. The Balaban J connectivity index is 0.000000222. The van der Waals surface area contributed by atoms with Crippen molar-refractivity contribution in [1.29, 1.82) is 0 Å². The maximum atomic E-state index is 5.06. The van der Waals surface area contributed by atoms with Crippen molar-refractivity contribution in [3.05, 3.63) is 0 Å². The summed E-state index contributed by atoms with van der Waals surface area (Å²) >= 11 is 0. The van der Waals surface area contributed by atoms with Gasteiger partial charge in [-0.3, -0.25) is 0 Å². The minimum atomic E-state index is 0.824. The molecule has 1 saturated heterocycles. The quantitative estimate of drug-likeness (QED) is 0.470. The van der Waals surface area contributed by atoms with E-state index in [2.05, 4.69) is 6.92 Å². The Morgan fingerprint density at radius 1 is 1.38 bits per heavy atom. The number of hydrogen-bond acceptors (Lipinski definition) is 1. The Kier molecular flexibility index (Phi) is 5.08. The van der Waals surface area contributed by atoms with Crippen LogP contribution in [0, 0.1) is 5.92 Å². The van der Waals surface area contributed by atoms with Crippen LogP contribution in [0.1, 0.15) is 27.2 Å². The molecule has 0 aromatic carbocycles. The molecule has 0 spiro atoms. The maximum Gasteiger partial charge on any atom is 0.0492 e. The Hall–Kier alpha value is -0.0400. The first kappa shape index (κ1) is 7.96. The Morgan fingerprint density at radius 3 is 2.12 bits per heavy atom. The van der Waals surface area contributed by atoms with Crippen LogP contribution in [0.4, 0.5) is 0 Å². The van der Waals surface area contributed by atoms with Gasteiger partial charge < -0.3 is 4.74 Å². The maximum absolute atomic E-state index is 5.06. The first-order valence-corrected chi connectivity index (χ1v) is 3.47. The summed E-state index contributed by atoms with van der Waals surface area (Å²) in [6.45, 7) is 8.19. The van der Waals surface area contributed by atoms with Crippen molar-refractivity contribution in [2.75, 3.05) is 13.2 Å². The van der Waals surface area contributed by atoms with Crippen LogP contribution in [0.2, 0.25) is 0 Å². The van der Waals surface area contributed by atoms with Gasteiger partial charge in [0.1, 0.15) is 0 Å². The lowest BCUT2D eigenvalue weighted by atomic mass is 10.2. The van der Waals surface area contributed by atoms with Gasteiger partial charge in [0.25, 0.3) is 0 Å². The normalized spacial score (nSPS) is 26.6. The molecule has 8 heavy (non-hydrogen) atoms. The lowest BCUT2D eigenvalue weighted by Gasteiger charge is -1.89. The summed E-state index contributed by atoms with van der Waals surface area (Å²) < 4.78 is 5.06. The minimum absolute atomic E-state index is 0.824. The highest BCUT2D eigenvalue weighted by Gasteiger charge is 2.07. The minimum Gasteiger partial charge on any atom is -0.381 e. The second-order valence-corrected chi connectivity index (χ2v) is 1.97. The zero-order valence-electron chi connectivity index (χ0n) is 6.11. The highest BCUT2D eigenvalue weighted by Crippen LogP contribution is 2.09. The van der Waals surface area contributed by atoms with Gasteiger partial charge in [0.15, 0.2) is 0 Å². The molecule has 1 fully saturated rings. The first-order valence-electron chi connectivity index (χ1n) is 3.47. The van der Waals surface area contributed by atoms with E-state index in [9.17, 15) is 0 Å². The topological polar surface area (TPSA) is 9.23 Å². The van der Waals surface area contributed by atoms with Gasteiger partial charge in [-0.15, -0.1) is 0 Å². The van der Waals surface area contributed by atoms with E-state index in [1.54, 1.807) is 0 Å². The first-order chi connectivity index (χ1) is 3.89. The van der Waals surface area contributed by atoms with E-state index in [0.717, 1.165) is 19.1 Å². The van der Waals surface area contributed by atoms with Crippen molar-refractivity contribution >= 4 is 0 Å². The van der Waals surface area contributed by atoms with Gasteiger partial charge in [0, 0.05) is 13.2 Å². The van der Waals surface area contributed by atoms with Crippen LogP contribution >= 0.6 is 0 Å². The molecule has 0 saturated carbocycles. The molecule has 1 aliphatic rings. The van der Waals surface area contributed by atoms with E-state index in [0.29, 0.717) is 0 Å². The fourth-order valence-corrected chi connectivity index (χ4v) is 0.652. The smallest absolute Gasteiger partial charge is 0.0492 e. The van der Waals surface area contributed by atoms with Crippen molar-refractivity contribution in [2.24, 2.45) is 5.92 Å². The third kappa shape index (κ3) is 3.03. The average molecular weight is 116 g/mol. The van der Waals surface area contributed by atoms with Crippen LogP contribution in [0.3, 0.4) is 0 Å². The van der Waals surface area contributed by atoms with Crippen LogP contribution in [-0.2, 0) is 4.74 Å². The van der Waals surface area contributed by atoms with Crippen molar-refractivity contribution in [3.8, 4) is 0 Å². The van der Waals surface area contributed by atoms with Gasteiger partial charge in [-0.1, -0.05) is 20.8 Å². The summed E-state index contributed by atoms with van der Waals surface area (Å²) in [6, 6.07) is 0. The van der Waals surface area contributed by atoms with Crippen LogP contribution in [0.5, 0.6) is 0 Å². The molecular formula is C7H16O. The Labute approximate surface area is 52.0 Å². The van der Waals surface area contributed by atoms with Crippen molar-refractivity contribution in [2.45, 2.75) is 27.2 Å². The number of rotatable bonds is 0. The van der Waals surface area contributed by atoms with E-state index in [4.69, 9.17) is 4.74 Å². The van der Waals surface area contributed by atoms with Gasteiger partial charge in [-0.05, 0) is 12.3 Å². The van der Waals surface area contributed by atoms with E-state index in [1.807, 2.05) is 13.8 Å². The fourth-order valence-electron chi connectivity index (χ4n) is 0.652. The van der Waals surface area contributed by atoms with Gasteiger partial charge in [0.2, 0.25) is 0 Å². The molecule has 0 amide bonds. The molecule has 1 rings (SSSR count). The van der Waals surface area contributed by atoms with Crippen LogP contribution in [-0.4, -0.2) is 13.2 Å². The van der Waals surface area contributed by atoms with Gasteiger partial charge in [-0.2, -0.15) is 0 Å². The molecule has 0 N–H and O–H groups in total. The molecule has 0 aromatic rings. The molecule has 0 bridgehead atoms. The molecule has 1 nitrogen and oxygen atoms in total. The molecular weight excluding hydrogens is 100 g/mol. The highest BCUT2D eigenvalue weighted by atomic mass is 16.5. The van der Waals surface area contributed by atoms with Crippen molar-refractivity contribution in [1.82, 2.24) is 0 Å². The zero-order valence-corrected chi connectivity index (χ0v) is 6.11. The lowest BCUT2D eigenvalue weighted by Crippen LogP contribution is -1.88. The molecule has 1 aliphatic heterocycles. The molecule has 50 valence electrons. The van der Waals surface area contributed by atoms with Crippen LogP contribution in [0.25, 0.3) is 0 Å². The summed E-state index contributed by atoms with van der Waals surface area (Å²) in [6.07, 6.45) is 1.26. The predicted molar refractivity (Wildman–Crippen MR) is 35.9 cm³/mol. The summed E-state index contributed by atoms with van der Waals surface area (Å²) in [5.41, 5.74) is 0. The second-order valence-electron chi connectivity index (χ2n) is 1.97. The summed E-state index contributed by atoms with van der Waals surface area (Å²) in [5.74, 6) is 0.824. The SMILES string of the molecule is CC.C[C@@H]1CCOC1. The molecule has 0 radical (unpaired) electrons. The third-order valence-corrected chi connectivity index (χ3v) is 1.16. The summed E-state index contributed by atoms with van der Waals surface area (Å²) in [5, 5.41) is 0. The van der Waals surface area contributed by atoms with Gasteiger partial charge in [0.05, 0.1) is 0 Å². The van der Waals surface area contributed by atoms with Crippen molar-refractivity contribution < 1.29 is 4.74 Å². The Bertz CT molecular complexity index is 37.7. The highest BCUT2D eigenvalue weighted by molar-refractivity contribution is 4.55. The average Bonchev–Trinajstić information content (AvgIpc) is 2.24. The van der Waals surface area contributed by atoms with Crippen LogP contribution in [0.15, 0.2) is 0 Å². The second kappa shape index (κ2) is 5.10. The largest absolute Gasteiger partial charge is 0.381 e. The van der Waals surface area contributed by atoms with Crippen LogP contribution < -0.4 is 0 Å². The molecule has 1 atom stereocenters. The zero-order chi connectivity index (χ0) is 6.41. The predicted octanol–water partition coefficient (Wildman–Crippen LogP) is 2.07. The molecule has 1 heterocycles.